The van der Waals surface area contributed by atoms with E-state index in [4.69, 9.17) is 0 Å². The second kappa shape index (κ2) is 6.38. The fraction of sp³-hybridized carbons (Fsp3) is 0.647. The van der Waals surface area contributed by atoms with Crippen molar-refractivity contribution in [3.8, 4) is 0 Å². The maximum atomic E-state index is 3.62. The molecule has 0 aliphatic heterocycles. The Kier molecular flexibility index (Phi) is 4.82. The molecule has 100 valence electrons. The van der Waals surface area contributed by atoms with Gasteiger partial charge in [-0.05, 0) is 48.8 Å². The molecule has 1 aliphatic carbocycles. The Morgan fingerprint density at radius 2 is 2.11 bits per heavy atom. The molecule has 0 spiro atoms. The average molecular weight is 245 g/mol. The van der Waals surface area contributed by atoms with Crippen LogP contribution in [0.3, 0.4) is 0 Å². The smallest absolute Gasteiger partial charge is 0.00104 e. The number of hydrogen-bond acceptors (Lipinski definition) is 1. The van der Waals surface area contributed by atoms with Gasteiger partial charge in [-0.1, -0.05) is 51.5 Å². The van der Waals surface area contributed by atoms with Crippen LogP contribution in [-0.2, 0) is 6.42 Å². The van der Waals surface area contributed by atoms with Gasteiger partial charge in [0.15, 0.2) is 0 Å². The van der Waals surface area contributed by atoms with Crippen molar-refractivity contribution >= 4 is 0 Å². The van der Waals surface area contributed by atoms with Crippen LogP contribution in [0.2, 0.25) is 0 Å². The number of rotatable bonds is 5. The zero-order chi connectivity index (χ0) is 13.0. The highest BCUT2D eigenvalue weighted by Gasteiger charge is 2.28. The van der Waals surface area contributed by atoms with E-state index in [0.29, 0.717) is 6.04 Å². The molecule has 2 atom stereocenters. The van der Waals surface area contributed by atoms with E-state index in [9.17, 15) is 0 Å². The molecule has 1 N–H and O–H groups in total. The second-order valence-corrected chi connectivity index (χ2v) is 5.96. The van der Waals surface area contributed by atoms with Gasteiger partial charge in [0, 0.05) is 6.04 Å². The summed E-state index contributed by atoms with van der Waals surface area (Å²) in [6, 6.07) is 9.85. The summed E-state index contributed by atoms with van der Waals surface area (Å²) >= 11 is 0. The molecule has 1 saturated carbocycles. The van der Waals surface area contributed by atoms with E-state index in [2.05, 4.69) is 50.4 Å². The molecule has 1 aliphatic rings. The van der Waals surface area contributed by atoms with Gasteiger partial charge in [0.05, 0.1) is 0 Å². The number of benzene rings is 1. The standard InChI is InChI=1S/C17H27N/c1-4-14-7-5-8-15(11-14)17-10-6-9-16(17)12-18-13(2)3/h5,7-8,11,13,16-18H,4,6,9-10,12H2,1-3H3. The van der Waals surface area contributed by atoms with E-state index in [1.807, 2.05) is 0 Å². The van der Waals surface area contributed by atoms with Crippen molar-refractivity contribution in [3.63, 3.8) is 0 Å². The van der Waals surface area contributed by atoms with E-state index in [1.54, 1.807) is 5.56 Å². The highest BCUT2D eigenvalue weighted by atomic mass is 14.9. The molecule has 0 bridgehead atoms. The number of aryl methyl sites for hydroxylation is 1. The first-order valence-electron chi connectivity index (χ1n) is 7.53. The lowest BCUT2D eigenvalue weighted by molar-refractivity contribution is 0.422. The third-order valence-electron chi connectivity index (χ3n) is 4.23. The van der Waals surface area contributed by atoms with Gasteiger partial charge in [-0.15, -0.1) is 0 Å². The van der Waals surface area contributed by atoms with Gasteiger partial charge in [0.25, 0.3) is 0 Å². The van der Waals surface area contributed by atoms with Crippen molar-refractivity contribution in [2.24, 2.45) is 5.92 Å². The van der Waals surface area contributed by atoms with Crippen LogP contribution in [0.1, 0.15) is 57.1 Å². The Bertz CT molecular complexity index is 370. The van der Waals surface area contributed by atoms with Crippen molar-refractivity contribution in [2.75, 3.05) is 6.54 Å². The Morgan fingerprint density at radius 1 is 1.28 bits per heavy atom. The molecule has 1 aromatic rings. The molecule has 0 heterocycles. The van der Waals surface area contributed by atoms with Crippen molar-refractivity contribution in [1.82, 2.24) is 5.32 Å². The van der Waals surface area contributed by atoms with Crippen LogP contribution in [-0.4, -0.2) is 12.6 Å². The van der Waals surface area contributed by atoms with Crippen molar-refractivity contribution in [2.45, 2.75) is 58.4 Å². The van der Waals surface area contributed by atoms with Crippen LogP contribution in [0.4, 0.5) is 0 Å². The molecule has 18 heavy (non-hydrogen) atoms. The lowest BCUT2D eigenvalue weighted by Gasteiger charge is -2.22. The summed E-state index contributed by atoms with van der Waals surface area (Å²) in [7, 11) is 0. The van der Waals surface area contributed by atoms with E-state index < -0.39 is 0 Å². The zero-order valence-electron chi connectivity index (χ0n) is 12.1. The Hall–Kier alpha value is -0.820. The van der Waals surface area contributed by atoms with Gasteiger partial charge in [0.2, 0.25) is 0 Å². The topological polar surface area (TPSA) is 12.0 Å². The van der Waals surface area contributed by atoms with Crippen LogP contribution >= 0.6 is 0 Å². The molecule has 1 aromatic carbocycles. The molecule has 1 nitrogen and oxygen atoms in total. The van der Waals surface area contributed by atoms with Gasteiger partial charge in [-0.25, -0.2) is 0 Å². The highest BCUT2D eigenvalue weighted by Crippen LogP contribution is 2.39. The normalized spacial score (nSPS) is 23.8. The summed E-state index contributed by atoms with van der Waals surface area (Å²) in [5.74, 6) is 1.61. The quantitative estimate of drug-likeness (QED) is 0.822. The third-order valence-corrected chi connectivity index (χ3v) is 4.23. The average Bonchev–Trinajstić information content (AvgIpc) is 2.84. The Morgan fingerprint density at radius 3 is 2.83 bits per heavy atom. The van der Waals surface area contributed by atoms with Gasteiger partial charge >= 0.3 is 0 Å². The molecule has 0 aromatic heterocycles. The van der Waals surface area contributed by atoms with Crippen molar-refractivity contribution < 1.29 is 0 Å². The van der Waals surface area contributed by atoms with Gasteiger partial charge < -0.3 is 5.32 Å². The minimum absolute atomic E-state index is 0.605. The van der Waals surface area contributed by atoms with Crippen LogP contribution in [0.5, 0.6) is 0 Å². The molecular weight excluding hydrogens is 218 g/mol. The van der Waals surface area contributed by atoms with Crippen molar-refractivity contribution in [3.05, 3.63) is 35.4 Å². The van der Waals surface area contributed by atoms with Gasteiger partial charge in [-0.2, -0.15) is 0 Å². The molecule has 1 fully saturated rings. The molecule has 2 unspecified atom stereocenters. The lowest BCUT2D eigenvalue weighted by atomic mass is 9.87. The molecule has 2 rings (SSSR count). The first-order chi connectivity index (χ1) is 8.70. The summed E-state index contributed by atoms with van der Waals surface area (Å²) < 4.78 is 0. The minimum atomic E-state index is 0.605. The summed E-state index contributed by atoms with van der Waals surface area (Å²) in [6.45, 7) is 7.90. The maximum Gasteiger partial charge on any atom is 0.00104 e. The second-order valence-electron chi connectivity index (χ2n) is 5.96. The predicted octanol–water partition coefficient (Wildman–Crippen LogP) is 4.13. The van der Waals surface area contributed by atoms with Crippen LogP contribution in [0.25, 0.3) is 0 Å². The van der Waals surface area contributed by atoms with Crippen LogP contribution < -0.4 is 5.32 Å². The van der Waals surface area contributed by atoms with Gasteiger partial charge in [-0.3, -0.25) is 0 Å². The summed E-state index contributed by atoms with van der Waals surface area (Å²) in [5, 5.41) is 3.62. The maximum absolute atomic E-state index is 3.62. The minimum Gasteiger partial charge on any atom is -0.314 e. The first kappa shape index (κ1) is 13.6. The summed E-state index contributed by atoms with van der Waals surface area (Å²) in [4.78, 5) is 0. The van der Waals surface area contributed by atoms with E-state index in [-0.39, 0.29) is 0 Å². The van der Waals surface area contributed by atoms with E-state index in [1.165, 1.54) is 31.4 Å². The molecule has 0 amide bonds. The predicted molar refractivity (Wildman–Crippen MR) is 79.0 cm³/mol. The first-order valence-corrected chi connectivity index (χ1v) is 7.53. The largest absolute Gasteiger partial charge is 0.314 e. The Balaban J connectivity index is 2.05. The molecule has 0 radical (unpaired) electrons. The monoisotopic (exact) mass is 245 g/mol. The fourth-order valence-corrected chi connectivity index (χ4v) is 3.15. The lowest BCUT2D eigenvalue weighted by Crippen LogP contribution is -2.30. The summed E-state index contributed by atoms with van der Waals surface area (Å²) in [6.07, 6.45) is 5.30. The van der Waals surface area contributed by atoms with E-state index >= 15 is 0 Å². The number of nitrogens with one attached hydrogen (secondary N) is 1. The van der Waals surface area contributed by atoms with E-state index in [0.717, 1.165) is 18.3 Å². The van der Waals surface area contributed by atoms with Gasteiger partial charge in [0.1, 0.15) is 0 Å². The molecule has 0 saturated heterocycles. The SMILES string of the molecule is CCc1cccc(C2CCCC2CNC(C)C)c1. The highest BCUT2D eigenvalue weighted by molar-refractivity contribution is 5.27. The Labute approximate surface area is 112 Å². The zero-order valence-corrected chi connectivity index (χ0v) is 12.1. The third kappa shape index (κ3) is 3.35. The number of hydrogen-bond donors (Lipinski definition) is 1. The fourth-order valence-electron chi connectivity index (χ4n) is 3.15. The molecule has 1 heteroatoms. The molecular formula is C17H27N. The van der Waals surface area contributed by atoms with Crippen molar-refractivity contribution in [1.29, 1.82) is 0 Å². The van der Waals surface area contributed by atoms with Crippen LogP contribution in [0.15, 0.2) is 24.3 Å². The van der Waals surface area contributed by atoms with Crippen LogP contribution in [0, 0.1) is 5.92 Å². The summed E-state index contributed by atoms with van der Waals surface area (Å²) in [5.41, 5.74) is 3.05.